The molecule has 0 bridgehead atoms. The minimum atomic E-state index is -0.317. The summed E-state index contributed by atoms with van der Waals surface area (Å²) in [5, 5.41) is 3.16. The normalized spacial score (nSPS) is 10.4. The third-order valence-electron chi connectivity index (χ3n) is 5.15. The fourth-order valence-electron chi connectivity index (χ4n) is 3.33. The van der Waals surface area contributed by atoms with E-state index in [-0.39, 0.29) is 5.91 Å². The quantitative estimate of drug-likeness (QED) is 0.292. The first-order chi connectivity index (χ1) is 16.5. The van der Waals surface area contributed by atoms with E-state index in [1.54, 1.807) is 36.4 Å². The second-order valence-corrected chi connectivity index (χ2v) is 8.02. The molecule has 4 rings (SSSR count). The Labute approximate surface area is 203 Å². The number of carbonyl (C=O) groups is 1. The fourth-order valence-corrected chi connectivity index (χ4v) is 3.59. The van der Waals surface area contributed by atoms with E-state index in [1.165, 1.54) is 7.11 Å². The van der Waals surface area contributed by atoms with Gasteiger partial charge in [-0.2, -0.15) is 0 Å². The summed E-state index contributed by atoms with van der Waals surface area (Å²) >= 11 is 6.44. The molecule has 0 atom stereocenters. The molecule has 0 saturated heterocycles. The summed E-state index contributed by atoms with van der Waals surface area (Å²) in [4.78, 5) is 12.8. The van der Waals surface area contributed by atoms with Crippen molar-refractivity contribution in [3.8, 4) is 23.0 Å². The van der Waals surface area contributed by atoms with Crippen LogP contribution in [0.15, 0.2) is 91.0 Å². The molecule has 0 radical (unpaired) electrons. The number of rotatable bonds is 8. The Bertz CT molecular complexity index is 1270. The number of halogens is 1. The van der Waals surface area contributed by atoms with E-state index in [4.69, 9.17) is 25.8 Å². The first-order valence-electron chi connectivity index (χ1n) is 10.7. The molecule has 34 heavy (non-hydrogen) atoms. The van der Waals surface area contributed by atoms with Crippen LogP contribution in [-0.2, 0) is 6.61 Å². The Balaban J connectivity index is 1.44. The lowest BCUT2D eigenvalue weighted by Crippen LogP contribution is -2.12. The monoisotopic (exact) mass is 473 g/mol. The van der Waals surface area contributed by atoms with Gasteiger partial charge < -0.3 is 19.5 Å². The second-order valence-electron chi connectivity index (χ2n) is 7.61. The fraction of sp³-hybridized carbons (Fsp3) is 0.107. The van der Waals surface area contributed by atoms with E-state index < -0.39 is 0 Å². The topological polar surface area (TPSA) is 56.8 Å². The van der Waals surface area contributed by atoms with Crippen LogP contribution in [0.1, 0.15) is 21.5 Å². The summed E-state index contributed by atoms with van der Waals surface area (Å²) in [6.07, 6.45) is 0. The van der Waals surface area contributed by atoms with Crippen molar-refractivity contribution < 1.29 is 19.0 Å². The van der Waals surface area contributed by atoms with Crippen LogP contribution in [0.3, 0.4) is 0 Å². The minimum absolute atomic E-state index is 0.294. The smallest absolute Gasteiger partial charge is 0.255 e. The number of amides is 1. The van der Waals surface area contributed by atoms with E-state index >= 15 is 0 Å². The number of benzene rings is 4. The Hall–Kier alpha value is -3.96. The van der Waals surface area contributed by atoms with Crippen LogP contribution in [-0.4, -0.2) is 13.0 Å². The third-order valence-corrected chi connectivity index (χ3v) is 5.43. The first kappa shape index (κ1) is 23.2. The molecule has 172 valence electrons. The van der Waals surface area contributed by atoms with Gasteiger partial charge in [-0.25, -0.2) is 0 Å². The average molecular weight is 474 g/mol. The summed E-state index contributed by atoms with van der Waals surface area (Å²) in [6, 6.07) is 27.9. The van der Waals surface area contributed by atoms with Gasteiger partial charge in [0.25, 0.3) is 5.91 Å². The number of para-hydroxylation sites is 1. The van der Waals surface area contributed by atoms with Crippen molar-refractivity contribution in [2.75, 3.05) is 12.4 Å². The van der Waals surface area contributed by atoms with Gasteiger partial charge in [-0.1, -0.05) is 60.1 Å². The van der Waals surface area contributed by atoms with E-state index in [0.717, 1.165) is 16.9 Å². The van der Waals surface area contributed by atoms with Gasteiger partial charge >= 0.3 is 0 Å². The van der Waals surface area contributed by atoms with E-state index in [9.17, 15) is 4.79 Å². The highest BCUT2D eigenvalue weighted by molar-refractivity contribution is 6.32. The van der Waals surface area contributed by atoms with Crippen LogP contribution in [0.4, 0.5) is 5.69 Å². The van der Waals surface area contributed by atoms with Crippen molar-refractivity contribution in [3.63, 3.8) is 0 Å². The number of nitrogens with one attached hydrogen (secondary N) is 1. The maximum Gasteiger partial charge on any atom is 0.255 e. The molecule has 0 aliphatic rings. The van der Waals surface area contributed by atoms with Crippen LogP contribution in [0, 0.1) is 6.92 Å². The molecule has 0 aliphatic carbocycles. The van der Waals surface area contributed by atoms with Crippen LogP contribution >= 0.6 is 11.6 Å². The van der Waals surface area contributed by atoms with Crippen LogP contribution in [0.25, 0.3) is 0 Å². The molecule has 4 aromatic rings. The van der Waals surface area contributed by atoms with Gasteiger partial charge in [0, 0.05) is 11.3 Å². The summed E-state index contributed by atoms with van der Waals surface area (Å²) < 4.78 is 17.2. The average Bonchev–Trinajstić information content (AvgIpc) is 2.86. The van der Waals surface area contributed by atoms with Gasteiger partial charge in [0.05, 0.1) is 12.1 Å². The zero-order valence-electron chi connectivity index (χ0n) is 18.9. The summed E-state index contributed by atoms with van der Waals surface area (Å²) in [5.41, 5.74) is 3.02. The van der Waals surface area contributed by atoms with Crippen LogP contribution < -0.4 is 19.5 Å². The molecule has 0 aromatic heterocycles. The van der Waals surface area contributed by atoms with Gasteiger partial charge in [0.1, 0.15) is 18.1 Å². The molecular formula is C28H24ClNO4. The zero-order chi connectivity index (χ0) is 23.9. The minimum Gasteiger partial charge on any atom is -0.493 e. The number of ether oxygens (including phenoxy) is 3. The van der Waals surface area contributed by atoms with Crippen molar-refractivity contribution >= 4 is 23.2 Å². The van der Waals surface area contributed by atoms with Gasteiger partial charge in [0.15, 0.2) is 11.5 Å². The van der Waals surface area contributed by atoms with Crippen molar-refractivity contribution in [2.24, 2.45) is 0 Å². The van der Waals surface area contributed by atoms with E-state index in [2.05, 4.69) is 5.32 Å². The largest absolute Gasteiger partial charge is 0.493 e. The highest BCUT2D eigenvalue weighted by atomic mass is 35.5. The van der Waals surface area contributed by atoms with Gasteiger partial charge in [0.2, 0.25) is 0 Å². The summed E-state index contributed by atoms with van der Waals surface area (Å²) in [7, 11) is 1.51. The van der Waals surface area contributed by atoms with Gasteiger partial charge in [-0.05, 0) is 60.5 Å². The maximum absolute atomic E-state index is 12.8. The molecule has 0 fully saturated rings. The predicted molar refractivity (Wildman–Crippen MR) is 134 cm³/mol. The Kier molecular flexibility index (Phi) is 7.35. The second kappa shape index (κ2) is 10.8. The third kappa shape index (κ3) is 5.69. The maximum atomic E-state index is 12.8. The van der Waals surface area contributed by atoms with Gasteiger partial charge in [-0.15, -0.1) is 0 Å². The number of hydrogen-bond acceptors (Lipinski definition) is 4. The molecule has 5 nitrogen and oxygen atoms in total. The Morgan fingerprint density at radius 2 is 1.59 bits per heavy atom. The molecule has 6 heteroatoms. The number of methoxy groups -OCH3 is 1. The number of aryl methyl sites for hydroxylation is 1. The highest BCUT2D eigenvalue weighted by Gasteiger charge is 2.16. The van der Waals surface area contributed by atoms with Crippen LogP contribution in [0.5, 0.6) is 23.0 Å². The number of carbonyl (C=O) groups excluding carboxylic acids is 1. The van der Waals surface area contributed by atoms with Gasteiger partial charge in [-0.3, -0.25) is 4.79 Å². The van der Waals surface area contributed by atoms with Crippen molar-refractivity contribution in [2.45, 2.75) is 13.5 Å². The summed E-state index contributed by atoms with van der Waals surface area (Å²) in [6.45, 7) is 2.32. The van der Waals surface area contributed by atoms with Crippen molar-refractivity contribution in [3.05, 3.63) is 113 Å². The Morgan fingerprint density at radius 1 is 0.882 bits per heavy atom. The number of hydrogen-bond donors (Lipinski definition) is 1. The highest BCUT2D eigenvalue weighted by Crippen LogP contribution is 2.37. The lowest BCUT2D eigenvalue weighted by molar-refractivity contribution is 0.102. The first-order valence-corrected chi connectivity index (χ1v) is 11.1. The molecule has 0 heterocycles. The Morgan fingerprint density at radius 3 is 2.29 bits per heavy atom. The van der Waals surface area contributed by atoms with Crippen molar-refractivity contribution in [1.82, 2.24) is 0 Å². The van der Waals surface area contributed by atoms with E-state index in [1.807, 2.05) is 61.5 Å². The lowest BCUT2D eigenvalue weighted by Gasteiger charge is -2.14. The predicted octanol–water partition coefficient (Wildman–Crippen LogP) is 7.28. The molecular weight excluding hydrogens is 450 g/mol. The summed E-state index contributed by atoms with van der Waals surface area (Å²) in [5.74, 6) is 1.92. The molecule has 1 N–H and O–H groups in total. The van der Waals surface area contributed by atoms with Crippen molar-refractivity contribution in [1.29, 1.82) is 0 Å². The zero-order valence-corrected chi connectivity index (χ0v) is 19.6. The lowest BCUT2D eigenvalue weighted by atomic mass is 10.1. The van der Waals surface area contributed by atoms with Crippen LogP contribution in [0.2, 0.25) is 5.02 Å². The molecule has 1 amide bonds. The molecule has 0 saturated carbocycles. The molecule has 0 aliphatic heterocycles. The number of anilines is 1. The molecule has 0 unspecified atom stereocenters. The standard InChI is InChI=1S/C28H24ClNO4/c1-19-8-6-7-11-25(19)34-23-14-12-22(13-15-23)30-28(31)21-16-24(29)27(26(17-21)32-2)33-18-20-9-4-3-5-10-20/h3-17H,18H2,1-2H3,(H,30,31). The SMILES string of the molecule is COc1cc(C(=O)Nc2ccc(Oc3ccccc3C)cc2)cc(Cl)c1OCc1ccccc1. The molecule has 0 spiro atoms. The molecule has 4 aromatic carbocycles. The van der Waals surface area contributed by atoms with E-state index in [0.29, 0.717) is 40.1 Å².